The molecule has 21 heavy (non-hydrogen) atoms. The van der Waals surface area contributed by atoms with Crippen LogP contribution in [0.3, 0.4) is 0 Å². The van der Waals surface area contributed by atoms with Crippen LogP contribution in [0.4, 0.5) is 0 Å². The maximum absolute atomic E-state index is 11.5. The van der Waals surface area contributed by atoms with Gasteiger partial charge in [0, 0.05) is 0 Å². The molecule has 0 heterocycles. The van der Waals surface area contributed by atoms with Crippen molar-refractivity contribution in [3.63, 3.8) is 0 Å². The number of rotatable bonds is 6. The van der Waals surface area contributed by atoms with E-state index >= 15 is 0 Å². The number of carbonyl (C=O) groups is 1. The molecule has 0 aliphatic heterocycles. The molecule has 0 saturated heterocycles. The van der Waals surface area contributed by atoms with Crippen LogP contribution in [-0.4, -0.2) is 26.1 Å². The minimum Gasteiger partial charge on any atom is -0.497 e. The van der Waals surface area contributed by atoms with Gasteiger partial charge in [0.25, 0.3) is 0 Å². The number of carbonyl (C=O) groups excluding carboxylic acids is 1. The zero-order valence-corrected chi connectivity index (χ0v) is 12.7. The van der Waals surface area contributed by atoms with Crippen LogP contribution in [0.2, 0.25) is 0 Å². The van der Waals surface area contributed by atoms with Gasteiger partial charge in [0.15, 0.2) is 0 Å². The fourth-order valence-electron chi connectivity index (χ4n) is 1.39. The minimum atomic E-state index is -0.239. The molecule has 0 amide bonds. The minimum absolute atomic E-state index is 0.239. The van der Waals surface area contributed by atoms with E-state index in [-0.39, 0.29) is 12.4 Å². The summed E-state index contributed by atoms with van der Waals surface area (Å²) in [6, 6.07) is 7.43. The monoisotopic (exact) mass is 284 g/mol. The van der Waals surface area contributed by atoms with Gasteiger partial charge in [0.05, 0.1) is 13.7 Å². The number of ketones is 1. The highest BCUT2D eigenvalue weighted by Gasteiger charge is 1.92. The van der Waals surface area contributed by atoms with Crippen LogP contribution in [0, 0.1) is 11.8 Å². The molecule has 0 N–H and O–H groups in total. The van der Waals surface area contributed by atoms with Gasteiger partial charge in [-0.25, -0.2) is 0 Å². The van der Waals surface area contributed by atoms with E-state index in [0.29, 0.717) is 6.61 Å². The van der Waals surface area contributed by atoms with Crippen molar-refractivity contribution in [2.45, 2.75) is 13.8 Å². The Bertz CT molecular complexity index is 565. The molecule has 0 aliphatic carbocycles. The average molecular weight is 284 g/mol. The smallest absolute Gasteiger partial charge is 0.228 e. The lowest BCUT2D eigenvalue weighted by Gasteiger charge is -1.98. The molecule has 3 nitrogen and oxygen atoms in total. The van der Waals surface area contributed by atoms with Crippen molar-refractivity contribution >= 4 is 11.9 Å². The zero-order chi connectivity index (χ0) is 15.5. The second-order valence-electron chi connectivity index (χ2n) is 4.57. The highest BCUT2D eigenvalue weighted by atomic mass is 16.5. The first-order valence-electron chi connectivity index (χ1n) is 6.68. The first kappa shape index (κ1) is 16.7. The second kappa shape index (κ2) is 9.57. The Labute approximate surface area is 126 Å². The molecule has 0 spiro atoms. The van der Waals surface area contributed by atoms with Gasteiger partial charge in [0.1, 0.15) is 12.4 Å². The van der Waals surface area contributed by atoms with E-state index in [1.807, 2.05) is 44.2 Å². The van der Waals surface area contributed by atoms with Crippen molar-refractivity contribution in [2.24, 2.45) is 0 Å². The third kappa shape index (κ3) is 7.76. The molecule has 1 aromatic carbocycles. The summed E-state index contributed by atoms with van der Waals surface area (Å²) in [5.41, 5.74) is 2.12. The standard InChI is InChI=1S/C18H20O3/c1-15(2)12-14-21-13-4-5-17(19)9-6-16-7-10-18(20-3)11-8-16/h6-12H,13-14H2,1-3H3/b9-6+. The van der Waals surface area contributed by atoms with Crippen LogP contribution in [0.15, 0.2) is 42.0 Å². The number of hydrogen-bond donors (Lipinski definition) is 0. The van der Waals surface area contributed by atoms with E-state index in [0.717, 1.165) is 11.3 Å². The molecule has 0 bridgehead atoms. The van der Waals surface area contributed by atoms with Crippen molar-refractivity contribution in [3.05, 3.63) is 47.6 Å². The molecular weight excluding hydrogens is 264 g/mol. The maximum atomic E-state index is 11.5. The van der Waals surface area contributed by atoms with E-state index in [2.05, 4.69) is 11.8 Å². The van der Waals surface area contributed by atoms with Crippen molar-refractivity contribution in [2.75, 3.05) is 20.3 Å². The van der Waals surface area contributed by atoms with Gasteiger partial charge in [-0.15, -0.1) is 0 Å². The van der Waals surface area contributed by atoms with E-state index in [1.54, 1.807) is 13.2 Å². The Balaban J connectivity index is 2.39. The molecule has 0 saturated carbocycles. The van der Waals surface area contributed by atoms with E-state index in [9.17, 15) is 4.79 Å². The topological polar surface area (TPSA) is 35.5 Å². The Morgan fingerprint density at radius 1 is 1.24 bits per heavy atom. The van der Waals surface area contributed by atoms with Crippen molar-refractivity contribution in [1.29, 1.82) is 0 Å². The van der Waals surface area contributed by atoms with Crippen molar-refractivity contribution in [1.82, 2.24) is 0 Å². The molecule has 110 valence electrons. The van der Waals surface area contributed by atoms with Crippen LogP contribution < -0.4 is 4.74 Å². The molecular formula is C18H20O3. The Kier molecular flexibility index (Phi) is 7.63. The number of hydrogen-bond acceptors (Lipinski definition) is 3. The summed E-state index contributed by atoms with van der Waals surface area (Å²) in [6.45, 7) is 4.78. The summed E-state index contributed by atoms with van der Waals surface area (Å²) >= 11 is 0. The Hall–Kier alpha value is -2.31. The van der Waals surface area contributed by atoms with Crippen molar-refractivity contribution < 1.29 is 14.3 Å². The third-order valence-corrected chi connectivity index (χ3v) is 2.54. The normalized spacial score (nSPS) is 9.86. The largest absolute Gasteiger partial charge is 0.497 e. The molecule has 1 rings (SSSR count). The predicted molar refractivity (Wildman–Crippen MR) is 85.1 cm³/mol. The highest BCUT2D eigenvalue weighted by molar-refractivity contribution is 6.06. The fraction of sp³-hybridized carbons (Fsp3) is 0.278. The summed E-state index contributed by atoms with van der Waals surface area (Å²) in [7, 11) is 1.61. The van der Waals surface area contributed by atoms with E-state index < -0.39 is 0 Å². The third-order valence-electron chi connectivity index (χ3n) is 2.54. The summed E-state index contributed by atoms with van der Waals surface area (Å²) < 4.78 is 10.3. The lowest BCUT2D eigenvalue weighted by Crippen LogP contribution is -1.93. The molecule has 0 radical (unpaired) electrons. The Morgan fingerprint density at radius 2 is 1.95 bits per heavy atom. The molecule has 0 aromatic heterocycles. The zero-order valence-electron chi connectivity index (χ0n) is 12.7. The van der Waals surface area contributed by atoms with Gasteiger partial charge < -0.3 is 9.47 Å². The average Bonchev–Trinajstić information content (AvgIpc) is 2.49. The lowest BCUT2D eigenvalue weighted by atomic mass is 10.2. The van der Waals surface area contributed by atoms with E-state index in [4.69, 9.17) is 9.47 Å². The Morgan fingerprint density at radius 3 is 2.57 bits per heavy atom. The summed E-state index contributed by atoms with van der Waals surface area (Å²) in [5.74, 6) is 5.75. The molecule has 0 aliphatic rings. The van der Waals surface area contributed by atoms with Crippen LogP contribution in [0.1, 0.15) is 19.4 Å². The molecule has 0 unspecified atom stereocenters. The van der Waals surface area contributed by atoms with Gasteiger partial charge in [-0.1, -0.05) is 35.8 Å². The quantitative estimate of drug-likeness (QED) is 0.264. The van der Waals surface area contributed by atoms with Crippen LogP contribution >= 0.6 is 0 Å². The van der Waals surface area contributed by atoms with Gasteiger partial charge in [-0.2, -0.15) is 0 Å². The van der Waals surface area contributed by atoms with Gasteiger partial charge in [-0.05, 0) is 43.5 Å². The molecule has 0 fully saturated rings. The summed E-state index contributed by atoms with van der Waals surface area (Å²) in [4.78, 5) is 11.5. The number of benzene rings is 1. The van der Waals surface area contributed by atoms with Crippen LogP contribution in [0.5, 0.6) is 5.75 Å². The summed E-state index contributed by atoms with van der Waals surface area (Å²) in [6.07, 6.45) is 5.14. The second-order valence-corrected chi connectivity index (χ2v) is 4.57. The van der Waals surface area contributed by atoms with Crippen LogP contribution in [-0.2, 0) is 9.53 Å². The predicted octanol–water partition coefficient (Wildman–Crippen LogP) is 3.26. The number of ether oxygens (including phenoxy) is 2. The summed E-state index contributed by atoms with van der Waals surface area (Å²) in [5, 5.41) is 0. The number of methoxy groups -OCH3 is 1. The maximum Gasteiger partial charge on any atom is 0.228 e. The first-order valence-corrected chi connectivity index (χ1v) is 6.68. The lowest BCUT2D eigenvalue weighted by molar-refractivity contribution is -0.109. The fourth-order valence-corrected chi connectivity index (χ4v) is 1.39. The molecule has 3 heteroatoms. The van der Waals surface area contributed by atoms with Gasteiger partial charge >= 0.3 is 0 Å². The first-order chi connectivity index (χ1) is 10.1. The van der Waals surface area contributed by atoms with E-state index in [1.165, 1.54) is 11.6 Å². The van der Waals surface area contributed by atoms with Gasteiger partial charge in [0.2, 0.25) is 5.78 Å². The SMILES string of the molecule is COc1ccc(/C=C/C(=O)C#CCOCC=C(C)C)cc1. The van der Waals surface area contributed by atoms with Gasteiger partial charge in [-0.3, -0.25) is 4.79 Å². The van der Waals surface area contributed by atoms with Crippen LogP contribution in [0.25, 0.3) is 6.08 Å². The molecule has 1 aromatic rings. The highest BCUT2D eigenvalue weighted by Crippen LogP contribution is 2.12. The molecule has 0 atom stereocenters. The van der Waals surface area contributed by atoms with Crippen molar-refractivity contribution in [3.8, 4) is 17.6 Å². The number of allylic oxidation sites excluding steroid dienone is 2.